The molecule has 98 valence electrons. The summed E-state index contributed by atoms with van der Waals surface area (Å²) in [6, 6.07) is 5.45. The fourth-order valence-corrected chi connectivity index (χ4v) is 2.09. The Hall–Kier alpha value is -1.46. The second kappa shape index (κ2) is 5.46. The third-order valence-electron chi connectivity index (χ3n) is 3.38. The first kappa shape index (κ1) is 13.0. The highest BCUT2D eigenvalue weighted by Gasteiger charge is 2.35. The number of pyridine rings is 1. The van der Waals surface area contributed by atoms with Gasteiger partial charge in [0.25, 0.3) is 0 Å². The van der Waals surface area contributed by atoms with Gasteiger partial charge in [-0.2, -0.15) is 0 Å². The van der Waals surface area contributed by atoms with Crippen molar-refractivity contribution in [3.63, 3.8) is 0 Å². The average Bonchev–Trinajstić information content (AvgIpc) is 2.90. The van der Waals surface area contributed by atoms with Gasteiger partial charge in [-0.15, -0.1) is 0 Å². The fourth-order valence-electron chi connectivity index (χ4n) is 2.09. The molecule has 2 rings (SSSR count). The third kappa shape index (κ3) is 2.68. The molecule has 2 atom stereocenters. The van der Waals surface area contributed by atoms with E-state index in [0.717, 1.165) is 19.4 Å². The van der Waals surface area contributed by atoms with Gasteiger partial charge in [0.15, 0.2) is 0 Å². The van der Waals surface area contributed by atoms with Crippen LogP contribution in [0.3, 0.4) is 0 Å². The lowest BCUT2D eigenvalue weighted by atomic mass is 9.95. The molecule has 0 bridgehead atoms. The van der Waals surface area contributed by atoms with Crippen LogP contribution in [0.1, 0.15) is 25.5 Å². The van der Waals surface area contributed by atoms with Crippen LogP contribution in [0.5, 0.6) is 0 Å². The van der Waals surface area contributed by atoms with E-state index < -0.39 is 11.4 Å². The van der Waals surface area contributed by atoms with Gasteiger partial charge in [0.05, 0.1) is 11.8 Å². The van der Waals surface area contributed by atoms with Gasteiger partial charge in [0.1, 0.15) is 5.54 Å². The van der Waals surface area contributed by atoms with Crippen molar-refractivity contribution in [3.8, 4) is 0 Å². The Morgan fingerprint density at radius 3 is 3.06 bits per heavy atom. The maximum atomic E-state index is 11.7. The normalized spacial score (nSPS) is 22.6. The first-order valence-electron chi connectivity index (χ1n) is 6.21. The van der Waals surface area contributed by atoms with Crippen molar-refractivity contribution in [2.45, 2.75) is 31.4 Å². The average molecular weight is 249 g/mol. The highest BCUT2D eigenvalue weighted by atomic mass is 16.5. The molecule has 1 aliphatic heterocycles. The van der Waals surface area contributed by atoms with E-state index in [4.69, 9.17) is 10.5 Å². The summed E-state index contributed by atoms with van der Waals surface area (Å²) in [6.07, 6.45) is 3.91. The number of aromatic nitrogens is 1. The molecule has 0 aliphatic carbocycles. The maximum absolute atomic E-state index is 11.7. The Kier molecular flexibility index (Phi) is 3.93. The number of hydrogen-bond acceptors (Lipinski definition) is 4. The largest absolute Gasteiger partial charge is 0.377 e. The number of primary amides is 1. The SMILES string of the molecule is CC(NCC1CCCO1)(C(N)=O)c1ccccn1. The molecule has 0 radical (unpaired) electrons. The molecule has 0 aromatic carbocycles. The summed E-state index contributed by atoms with van der Waals surface area (Å²) < 4.78 is 5.53. The minimum absolute atomic E-state index is 0.160. The molecule has 1 saturated heterocycles. The predicted molar refractivity (Wildman–Crippen MR) is 67.8 cm³/mol. The molecule has 2 unspecified atom stereocenters. The lowest BCUT2D eigenvalue weighted by Crippen LogP contribution is -2.52. The van der Waals surface area contributed by atoms with Gasteiger partial charge in [-0.1, -0.05) is 6.07 Å². The van der Waals surface area contributed by atoms with Crippen molar-refractivity contribution in [2.75, 3.05) is 13.2 Å². The molecule has 1 fully saturated rings. The smallest absolute Gasteiger partial charge is 0.243 e. The number of carbonyl (C=O) groups is 1. The van der Waals surface area contributed by atoms with Crippen molar-refractivity contribution in [1.82, 2.24) is 10.3 Å². The molecule has 0 saturated carbocycles. The molecule has 1 aromatic heterocycles. The summed E-state index contributed by atoms with van der Waals surface area (Å²) in [4.78, 5) is 15.9. The first-order chi connectivity index (χ1) is 8.63. The van der Waals surface area contributed by atoms with Gasteiger partial charge >= 0.3 is 0 Å². The van der Waals surface area contributed by atoms with Crippen LogP contribution < -0.4 is 11.1 Å². The number of nitrogens with two attached hydrogens (primary N) is 1. The van der Waals surface area contributed by atoms with Gasteiger partial charge < -0.3 is 10.5 Å². The third-order valence-corrected chi connectivity index (χ3v) is 3.38. The second-order valence-corrected chi connectivity index (χ2v) is 4.72. The van der Waals surface area contributed by atoms with E-state index in [1.54, 1.807) is 19.2 Å². The zero-order valence-corrected chi connectivity index (χ0v) is 10.6. The number of carbonyl (C=O) groups excluding carboxylic acids is 1. The summed E-state index contributed by atoms with van der Waals surface area (Å²) in [5.41, 5.74) is 5.19. The van der Waals surface area contributed by atoms with Crippen LogP contribution in [0.15, 0.2) is 24.4 Å². The fraction of sp³-hybridized carbons (Fsp3) is 0.538. The van der Waals surface area contributed by atoms with Crippen LogP contribution in [0.25, 0.3) is 0 Å². The van der Waals surface area contributed by atoms with Gasteiger partial charge in [0.2, 0.25) is 5.91 Å². The summed E-state index contributed by atoms with van der Waals surface area (Å²) in [6.45, 7) is 3.16. The number of nitrogens with zero attached hydrogens (tertiary/aromatic N) is 1. The molecule has 2 heterocycles. The maximum Gasteiger partial charge on any atom is 0.243 e. The Labute approximate surface area is 107 Å². The number of hydrogen-bond donors (Lipinski definition) is 2. The minimum Gasteiger partial charge on any atom is -0.377 e. The molecule has 3 N–H and O–H groups in total. The molecule has 18 heavy (non-hydrogen) atoms. The predicted octanol–water partition coefficient (Wildman–Crippen LogP) is 0.551. The Bertz CT molecular complexity index is 404. The van der Waals surface area contributed by atoms with Crippen LogP contribution in [0.4, 0.5) is 0 Å². The summed E-state index contributed by atoms with van der Waals surface area (Å²) in [7, 11) is 0. The van der Waals surface area contributed by atoms with E-state index in [0.29, 0.717) is 12.2 Å². The number of ether oxygens (including phenoxy) is 1. The monoisotopic (exact) mass is 249 g/mol. The molecule has 1 aliphatic rings. The Morgan fingerprint density at radius 1 is 1.67 bits per heavy atom. The molecule has 0 spiro atoms. The van der Waals surface area contributed by atoms with E-state index in [9.17, 15) is 4.79 Å². The summed E-state index contributed by atoms with van der Waals surface area (Å²) in [5, 5.41) is 3.19. The molecule has 1 aromatic rings. The number of amides is 1. The van der Waals surface area contributed by atoms with Crippen LogP contribution in [0, 0.1) is 0 Å². The molecular weight excluding hydrogens is 230 g/mol. The zero-order valence-electron chi connectivity index (χ0n) is 10.6. The zero-order chi connectivity index (χ0) is 13.0. The summed E-state index contributed by atoms with van der Waals surface area (Å²) in [5.74, 6) is -0.431. The van der Waals surface area contributed by atoms with E-state index in [-0.39, 0.29) is 6.10 Å². The molecule has 1 amide bonds. The highest BCUT2D eigenvalue weighted by molar-refractivity contribution is 5.85. The van der Waals surface area contributed by atoms with Crippen molar-refractivity contribution in [2.24, 2.45) is 5.73 Å². The number of rotatable bonds is 5. The van der Waals surface area contributed by atoms with Crippen molar-refractivity contribution in [1.29, 1.82) is 0 Å². The van der Waals surface area contributed by atoms with E-state index >= 15 is 0 Å². The van der Waals surface area contributed by atoms with Crippen LogP contribution in [-0.4, -0.2) is 30.1 Å². The van der Waals surface area contributed by atoms with Gasteiger partial charge in [-0.05, 0) is 31.9 Å². The van der Waals surface area contributed by atoms with Crippen LogP contribution in [-0.2, 0) is 15.1 Å². The van der Waals surface area contributed by atoms with Crippen molar-refractivity contribution in [3.05, 3.63) is 30.1 Å². The Balaban J connectivity index is 2.09. The standard InChI is InChI=1S/C13H19N3O2/c1-13(12(14)17,11-6-2-3-7-15-11)16-9-10-5-4-8-18-10/h2-3,6-7,10,16H,4-5,8-9H2,1H3,(H2,14,17). The Morgan fingerprint density at radius 2 is 2.50 bits per heavy atom. The lowest BCUT2D eigenvalue weighted by Gasteiger charge is -2.28. The van der Waals surface area contributed by atoms with Gasteiger partial charge in [-0.3, -0.25) is 15.1 Å². The van der Waals surface area contributed by atoms with Gasteiger partial charge in [0, 0.05) is 19.3 Å². The summed E-state index contributed by atoms with van der Waals surface area (Å²) >= 11 is 0. The minimum atomic E-state index is -0.951. The van der Waals surface area contributed by atoms with Crippen LogP contribution >= 0.6 is 0 Å². The van der Waals surface area contributed by atoms with E-state index in [2.05, 4.69) is 10.3 Å². The quantitative estimate of drug-likeness (QED) is 0.799. The molecular formula is C13H19N3O2. The lowest BCUT2D eigenvalue weighted by molar-refractivity contribution is -0.124. The van der Waals surface area contributed by atoms with E-state index in [1.807, 2.05) is 12.1 Å². The first-order valence-corrected chi connectivity index (χ1v) is 6.21. The molecule has 5 nitrogen and oxygen atoms in total. The second-order valence-electron chi connectivity index (χ2n) is 4.72. The van der Waals surface area contributed by atoms with Crippen molar-refractivity contribution >= 4 is 5.91 Å². The van der Waals surface area contributed by atoms with Crippen LogP contribution in [0.2, 0.25) is 0 Å². The number of nitrogens with one attached hydrogen (secondary N) is 1. The van der Waals surface area contributed by atoms with E-state index in [1.165, 1.54) is 0 Å². The molecule has 5 heteroatoms. The van der Waals surface area contributed by atoms with Crippen molar-refractivity contribution < 1.29 is 9.53 Å². The van der Waals surface area contributed by atoms with Gasteiger partial charge in [-0.25, -0.2) is 0 Å². The topological polar surface area (TPSA) is 77.2 Å². The highest BCUT2D eigenvalue weighted by Crippen LogP contribution is 2.19.